The van der Waals surface area contributed by atoms with E-state index in [0.717, 1.165) is 25.9 Å². The van der Waals surface area contributed by atoms with Crippen LogP contribution >= 0.6 is 0 Å². The normalized spacial score (nSPS) is 16.2. The van der Waals surface area contributed by atoms with Crippen LogP contribution in [0.25, 0.3) is 0 Å². The van der Waals surface area contributed by atoms with Crippen LogP contribution in [0.5, 0.6) is 0 Å². The summed E-state index contributed by atoms with van der Waals surface area (Å²) in [6.45, 7) is 2.17. The molecule has 2 aliphatic rings. The fraction of sp³-hybridized carbons (Fsp3) is 0.273. The van der Waals surface area contributed by atoms with Crippen LogP contribution in [0.15, 0.2) is 47.6 Å². The van der Waals surface area contributed by atoms with Gasteiger partial charge in [-0.1, -0.05) is 6.42 Å². The van der Waals surface area contributed by atoms with E-state index in [0.29, 0.717) is 23.6 Å². The fourth-order valence-electron chi connectivity index (χ4n) is 3.83. The molecule has 0 aliphatic carbocycles. The van der Waals surface area contributed by atoms with E-state index in [1.807, 2.05) is 0 Å². The van der Waals surface area contributed by atoms with Gasteiger partial charge in [0.15, 0.2) is 0 Å². The SMILES string of the molecule is O=C(N/N=C/c1ccc([N+](=O)[O-])cc1)Nc1ccc2c(c1)C(=O)C(=O)N2CN1CCCCC1. The quantitative estimate of drug-likeness (QED) is 0.300. The number of Topliss-reactive ketones (excluding diaryl/α,β-unsaturated/α-hetero) is 1. The summed E-state index contributed by atoms with van der Waals surface area (Å²) in [5.74, 6) is -1.16. The number of non-ortho nitro benzene ring substituents is 1. The van der Waals surface area contributed by atoms with Crippen molar-refractivity contribution in [1.29, 1.82) is 0 Å². The van der Waals surface area contributed by atoms with Crippen molar-refractivity contribution in [3.63, 3.8) is 0 Å². The Kier molecular flexibility index (Phi) is 6.41. The molecule has 11 nitrogen and oxygen atoms in total. The first-order valence-electron chi connectivity index (χ1n) is 10.5. The molecule has 2 heterocycles. The van der Waals surface area contributed by atoms with E-state index in [1.165, 1.54) is 47.9 Å². The van der Waals surface area contributed by atoms with Crippen molar-refractivity contribution < 1.29 is 19.3 Å². The Labute approximate surface area is 189 Å². The van der Waals surface area contributed by atoms with E-state index in [2.05, 4.69) is 20.7 Å². The number of nitro benzene ring substituents is 1. The molecule has 0 saturated carbocycles. The Balaban J connectivity index is 1.37. The number of carbonyl (C=O) groups is 3. The smallest absolute Gasteiger partial charge is 0.306 e. The standard InChI is InChI=1S/C22H22N6O5/c29-20-18-12-16(6-9-19(18)27(21(20)30)14-26-10-2-1-3-11-26)24-22(31)25-23-13-15-4-7-17(8-5-15)28(32)33/h4-9,12-13H,1-3,10-11,14H2,(H2,24,25,31)/b23-13+. The van der Waals surface area contributed by atoms with Crippen LogP contribution in [0.4, 0.5) is 21.9 Å². The number of nitrogens with one attached hydrogen (secondary N) is 2. The Hall–Kier alpha value is -4.12. The van der Waals surface area contributed by atoms with Crippen LogP contribution in [0.3, 0.4) is 0 Å². The molecule has 2 aromatic carbocycles. The highest BCUT2D eigenvalue weighted by Crippen LogP contribution is 2.31. The van der Waals surface area contributed by atoms with E-state index in [4.69, 9.17) is 0 Å². The zero-order valence-corrected chi connectivity index (χ0v) is 17.7. The number of carbonyl (C=O) groups excluding carboxylic acids is 3. The lowest BCUT2D eigenvalue weighted by Gasteiger charge is -2.30. The summed E-state index contributed by atoms with van der Waals surface area (Å²) < 4.78 is 0. The molecule has 33 heavy (non-hydrogen) atoms. The zero-order valence-electron chi connectivity index (χ0n) is 17.7. The predicted molar refractivity (Wildman–Crippen MR) is 121 cm³/mol. The third kappa shape index (κ3) is 5.04. The average molecular weight is 450 g/mol. The third-order valence-electron chi connectivity index (χ3n) is 5.50. The third-order valence-corrected chi connectivity index (χ3v) is 5.50. The van der Waals surface area contributed by atoms with Gasteiger partial charge in [-0.25, -0.2) is 10.2 Å². The number of fused-ring (bicyclic) bond motifs is 1. The summed E-state index contributed by atoms with van der Waals surface area (Å²) in [5, 5.41) is 17.0. The minimum absolute atomic E-state index is 0.0445. The number of rotatable bonds is 6. The van der Waals surface area contributed by atoms with Gasteiger partial charge in [0.1, 0.15) is 0 Å². The molecular weight excluding hydrogens is 428 g/mol. The Bertz CT molecular complexity index is 1120. The van der Waals surface area contributed by atoms with Crippen molar-refractivity contribution >= 4 is 41.0 Å². The second-order valence-electron chi connectivity index (χ2n) is 7.79. The van der Waals surface area contributed by atoms with Gasteiger partial charge >= 0.3 is 11.9 Å². The lowest BCUT2D eigenvalue weighted by atomic mass is 10.1. The molecule has 2 aliphatic heterocycles. The van der Waals surface area contributed by atoms with Crippen molar-refractivity contribution in [2.24, 2.45) is 5.10 Å². The summed E-state index contributed by atoms with van der Waals surface area (Å²) in [4.78, 5) is 50.9. The average Bonchev–Trinajstić information content (AvgIpc) is 3.04. The van der Waals surface area contributed by atoms with Crippen LogP contribution < -0.4 is 15.6 Å². The molecule has 1 saturated heterocycles. The first-order valence-corrected chi connectivity index (χ1v) is 10.5. The number of hydrazone groups is 1. The molecule has 0 radical (unpaired) electrons. The number of hydrogen-bond acceptors (Lipinski definition) is 7. The molecule has 11 heteroatoms. The highest BCUT2D eigenvalue weighted by atomic mass is 16.6. The van der Waals surface area contributed by atoms with Crippen LogP contribution in [0.2, 0.25) is 0 Å². The van der Waals surface area contributed by atoms with Gasteiger partial charge in [0.05, 0.1) is 29.1 Å². The number of likely N-dealkylation sites (tertiary alicyclic amines) is 1. The molecule has 170 valence electrons. The molecule has 0 spiro atoms. The molecule has 0 unspecified atom stereocenters. The number of ketones is 1. The topological polar surface area (TPSA) is 137 Å². The van der Waals surface area contributed by atoms with Gasteiger partial charge in [-0.2, -0.15) is 5.10 Å². The van der Waals surface area contributed by atoms with Crippen molar-refractivity contribution in [2.45, 2.75) is 19.3 Å². The van der Waals surface area contributed by atoms with Crippen molar-refractivity contribution in [3.05, 3.63) is 63.7 Å². The maximum absolute atomic E-state index is 12.5. The molecular formula is C22H22N6O5. The zero-order chi connectivity index (χ0) is 23.4. The van der Waals surface area contributed by atoms with Crippen LogP contribution in [-0.2, 0) is 4.79 Å². The van der Waals surface area contributed by atoms with E-state index in [9.17, 15) is 24.5 Å². The van der Waals surface area contributed by atoms with Crippen molar-refractivity contribution in [3.8, 4) is 0 Å². The second-order valence-corrected chi connectivity index (χ2v) is 7.79. The molecule has 1 fully saturated rings. The van der Waals surface area contributed by atoms with Gasteiger partial charge < -0.3 is 5.32 Å². The second kappa shape index (κ2) is 9.57. The first kappa shape index (κ1) is 22.1. The monoisotopic (exact) mass is 450 g/mol. The number of urea groups is 1. The highest BCUT2D eigenvalue weighted by Gasteiger charge is 2.37. The maximum Gasteiger partial charge on any atom is 0.339 e. The summed E-state index contributed by atoms with van der Waals surface area (Å²) in [7, 11) is 0. The summed E-state index contributed by atoms with van der Waals surface area (Å²) >= 11 is 0. The minimum atomic E-state index is -0.643. The number of nitro groups is 1. The van der Waals surface area contributed by atoms with Gasteiger partial charge in [0.2, 0.25) is 0 Å². The number of piperidine rings is 1. The molecule has 2 N–H and O–H groups in total. The van der Waals surface area contributed by atoms with Gasteiger partial charge in [0.25, 0.3) is 11.5 Å². The van der Waals surface area contributed by atoms with Crippen LogP contribution in [-0.4, -0.2) is 53.5 Å². The van der Waals surface area contributed by atoms with E-state index in [1.54, 1.807) is 12.1 Å². The number of benzene rings is 2. The van der Waals surface area contributed by atoms with Crippen LogP contribution in [0, 0.1) is 10.1 Å². The lowest BCUT2D eigenvalue weighted by Crippen LogP contribution is -2.43. The molecule has 0 aromatic heterocycles. The Morgan fingerprint density at radius 3 is 2.52 bits per heavy atom. The molecule has 4 rings (SSSR count). The first-order chi connectivity index (χ1) is 15.9. The number of anilines is 2. The van der Waals surface area contributed by atoms with E-state index >= 15 is 0 Å². The van der Waals surface area contributed by atoms with Gasteiger partial charge in [-0.05, 0) is 61.8 Å². The minimum Gasteiger partial charge on any atom is -0.306 e. The molecule has 2 aromatic rings. The van der Waals surface area contributed by atoms with Gasteiger partial charge in [-0.15, -0.1) is 0 Å². The van der Waals surface area contributed by atoms with Crippen molar-refractivity contribution in [1.82, 2.24) is 10.3 Å². The highest BCUT2D eigenvalue weighted by molar-refractivity contribution is 6.52. The molecule has 3 amide bonds. The number of hydrogen-bond donors (Lipinski definition) is 2. The summed E-state index contributed by atoms with van der Waals surface area (Å²) in [6, 6.07) is 9.77. The van der Waals surface area contributed by atoms with E-state index in [-0.39, 0.29) is 11.3 Å². The Morgan fingerprint density at radius 1 is 1.09 bits per heavy atom. The van der Waals surface area contributed by atoms with E-state index < -0.39 is 22.6 Å². The fourth-order valence-corrected chi connectivity index (χ4v) is 3.83. The largest absolute Gasteiger partial charge is 0.339 e. The lowest BCUT2D eigenvalue weighted by molar-refractivity contribution is -0.384. The van der Waals surface area contributed by atoms with Crippen molar-refractivity contribution in [2.75, 3.05) is 30.0 Å². The van der Waals surface area contributed by atoms with Gasteiger partial charge in [-0.3, -0.25) is 29.5 Å². The molecule has 0 bridgehead atoms. The predicted octanol–water partition coefficient (Wildman–Crippen LogP) is 2.72. The Morgan fingerprint density at radius 2 is 1.82 bits per heavy atom. The van der Waals surface area contributed by atoms with Crippen LogP contribution in [0.1, 0.15) is 35.2 Å². The molecule has 0 atom stereocenters. The number of nitrogens with zero attached hydrogens (tertiary/aromatic N) is 4. The summed E-state index contributed by atoms with van der Waals surface area (Å²) in [6.07, 6.45) is 4.67. The maximum atomic E-state index is 12.5. The summed E-state index contributed by atoms with van der Waals surface area (Å²) in [5.41, 5.74) is 3.94. The number of amides is 3. The van der Waals surface area contributed by atoms with Gasteiger partial charge in [0, 0.05) is 17.8 Å².